The maximum Gasteiger partial charge on any atom is 0.234 e. The fourth-order valence-electron chi connectivity index (χ4n) is 3.37. The van der Waals surface area contributed by atoms with Gasteiger partial charge in [0.05, 0.1) is 12.1 Å². The van der Waals surface area contributed by atoms with Gasteiger partial charge in [0, 0.05) is 19.6 Å². The number of nitrogens with one attached hydrogen (secondary N) is 2. The molecule has 0 aromatic rings. The largest absolute Gasteiger partial charge is 0.388 e. The van der Waals surface area contributed by atoms with Gasteiger partial charge in [0.2, 0.25) is 5.91 Å². The van der Waals surface area contributed by atoms with Crippen LogP contribution in [-0.4, -0.2) is 60.8 Å². The highest BCUT2D eigenvalue weighted by Crippen LogP contribution is 2.31. The average Bonchev–Trinajstić information content (AvgIpc) is 2.65. The number of amides is 1. The minimum atomic E-state index is -0.687. The summed E-state index contributed by atoms with van der Waals surface area (Å²) in [7, 11) is 0. The highest BCUT2D eigenvalue weighted by molar-refractivity contribution is 5.78. The zero-order valence-corrected chi connectivity index (χ0v) is 12.7. The van der Waals surface area contributed by atoms with Crippen molar-refractivity contribution in [1.82, 2.24) is 15.5 Å². The van der Waals surface area contributed by atoms with Crippen molar-refractivity contribution in [1.29, 1.82) is 0 Å². The zero-order chi connectivity index (χ0) is 14.4. The Labute approximate surface area is 122 Å². The van der Waals surface area contributed by atoms with Crippen molar-refractivity contribution in [2.75, 3.05) is 39.3 Å². The molecule has 3 N–H and O–H groups in total. The molecule has 0 spiro atoms. The lowest BCUT2D eigenvalue weighted by molar-refractivity contribution is -0.124. The van der Waals surface area contributed by atoms with E-state index in [2.05, 4.69) is 22.5 Å². The van der Waals surface area contributed by atoms with Gasteiger partial charge < -0.3 is 15.7 Å². The summed E-state index contributed by atoms with van der Waals surface area (Å²) in [5.74, 6) is 0.598. The second kappa shape index (κ2) is 7.38. The van der Waals surface area contributed by atoms with Crippen molar-refractivity contribution < 1.29 is 9.90 Å². The Kier molecular flexibility index (Phi) is 5.81. The van der Waals surface area contributed by atoms with Crippen LogP contribution in [0.15, 0.2) is 0 Å². The third-order valence-electron chi connectivity index (χ3n) is 4.48. The van der Waals surface area contributed by atoms with Crippen LogP contribution in [0.2, 0.25) is 0 Å². The molecule has 1 heterocycles. The van der Waals surface area contributed by atoms with E-state index in [0.29, 0.717) is 19.0 Å². The van der Waals surface area contributed by atoms with Gasteiger partial charge in [-0.05, 0) is 38.3 Å². The summed E-state index contributed by atoms with van der Waals surface area (Å²) in [5, 5.41) is 16.8. The van der Waals surface area contributed by atoms with Crippen LogP contribution in [0.3, 0.4) is 0 Å². The molecule has 1 aliphatic heterocycles. The maximum atomic E-state index is 12.0. The SMILES string of the molecule is CC1CCCC(O)(CNC(=O)CN2CCCNCC2)C1. The van der Waals surface area contributed by atoms with Gasteiger partial charge in [0.25, 0.3) is 0 Å². The number of rotatable bonds is 4. The molecule has 116 valence electrons. The van der Waals surface area contributed by atoms with E-state index in [1.165, 1.54) is 6.42 Å². The minimum absolute atomic E-state index is 0.0403. The molecule has 0 bridgehead atoms. The topological polar surface area (TPSA) is 64.6 Å². The number of carbonyl (C=O) groups excluding carboxylic acids is 1. The summed E-state index contributed by atoms with van der Waals surface area (Å²) in [4.78, 5) is 14.2. The normalized spacial score (nSPS) is 32.6. The van der Waals surface area contributed by atoms with E-state index in [1.807, 2.05) is 0 Å². The van der Waals surface area contributed by atoms with E-state index in [9.17, 15) is 9.90 Å². The molecule has 20 heavy (non-hydrogen) atoms. The van der Waals surface area contributed by atoms with Crippen LogP contribution in [0, 0.1) is 5.92 Å². The molecule has 0 aromatic carbocycles. The van der Waals surface area contributed by atoms with Crippen LogP contribution < -0.4 is 10.6 Å². The molecular formula is C15H29N3O2. The summed E-state index contributed by atoms with van der Waals surface area (Å²) >= 11 is 0. The van der Waals surface area contributed by atoms with Gasteiger partial charge in [-0.2, -0.15) is 0 Å². The van der Waals surface area contributed by atoms with Gasteiger partial charge in [0.1, 0.15) is 0 Å². The van der Waals surface area contributed by atoms with Crippen LogP contribution in [0.5, 0.6) is 0 Å². The Morgan fingerprint density at radius 3 is 3.05 bits per heavy atom. The van der Waals surface area contributed by atoms with Crippen molar-refractivity contribution in [2.24, 2.45) is 5.92 Å². The van der Waals surface area contributed by atoms with Crippen molar-refractivity contribution in [3.63, 3.8) is 0 Å². The van der Waals surface area contributed by atoms with Crippen molar-refractivity contribution >= 4 is 5.91 Å². The predicted molar refractivity (Wildman–Crippen MR) is 79.5 cm³/mol. The van der Waals surface area contributed by atoms with E-state index < -0.39 is 5.60 Å². The Hall–Kier alpha value is -0.650. The molecule has 5 nitrogen and oxygen atoms in total. The summed E-state index contributed by atoms with van der Waals surface area (Å²) in [6.07, 6.45) is 4.96. The molecule has 2 atom stereocenters. The van der Waals surface area contributed by atoms with Crippen LogP contribution in [0.1, 0.15) is 39.0 Å². The number of aliphatic hydroxyl groups is 1. The van der Waals surface area contributed by atoms with Gasteiger partial charge in [-0.25, -0.2) is 0 Å². The smallest absolute Gasteiger partial charge is 0.234 e. The van der Waals surface area contributed by atoms with Crippen molar-refractivity contribution in [3.05, 3.63) is 0 Å². The average molecular weight is 283 g/mol. The van der Waals surface area contributed by atoms with Gasteiger partial charge in [-0.1, -0.05) is 19.8 Å². The number of hydrogen-bond donors (Lipinski definition) is 3. The predicted octanol–water partition coefficient (Wildman–Crippen LogP) is 0.339. The van der Waals surface area contributed by atoms with E-state index in [1.54, 1.807) is 0 Å². The highest BCUT2D eigenvalue weighted by atomic mass is 16.3. The summed E-state index contributed by atoms with van der Waals surface area (Å²) in [6, 6.07) is 0. The number of nitrogens with zero attached hydrogens (tertiary/aromatic N) is 1. The van der Waals surface area contributed by atoms with E-state index >= 15 is 0 Å². The first-order chi connectivity index (χ1) is 9.57. The van der Waals surface area contributed by atoms with Crippen LogP contribution >= 0.6 is 0 Å². The Balaban J connectivity index is 1.71. The highest BCUT2D eigenvalue weighted by Gasteiger charge is 2.32. The lowest BCUT2D eigenvalue weighted by Crippen LogP contribution is -2.48. The lowest BCUT2D eigenvalue weighted by Gasteiger charge is -2.35. The summed E-state index contributed by atoms with van der Waals surface area (Å²) in [5.41, 5.74) is -0.687. The third kappa shape index (κ3) is 5.04. The molecule has 1 amide bonds. The standard InChI is InChI=1S/C15H29N3O2/c1-13-4-2-5-15(20,10-13)12-17-14(19)11-18-8-3-6-16-7-9-18/h13,16,20H,2-12H2,1H3,(H,17,19). The molecule has 2 rings (SSSR count). The molecule has 2 aliphatic rings. The van der Waals surface area contributed by atoms with Crippen LogP contribution in [0.25, 0.3) is 0 Å². The van der Waals surface area contributed by atoms with Crippen molar-refractivity contribution in [3.8, 4) is 0 Å². The van der Waals surface area contributed by atoms with Crippen molar-refractivity contribution in [2.45, 2.75) is 44.6 Å². The molecule has 2 fully saturated rings. The molecule has 5 heteroatoms. The molecule has 1 aliphatic carbocycles. The molecular weight excluding hydrogens is 254 g/mol. The third-order valence-corrected chi connectivity index (χ3v) is 4.48. The molecule has 2 unspecified atom stereocenters. The molecule has 0 radical (unpaired) electrons. The van der Waals surface area contributed by atoms with Gasteiger partial charge in [0.15, 0.2) is 0 Å². The Morgan fingerprint density at radius 2 is 2.25 bits per heavy atom. The Morgan fingerprint density at radius 1 is 1.40 bits per heavy atom. The molecule has 1 saturated heterocycles. The number of carbonyl (C=O) groups is 1. The molecule has 1 saturated carbocycles. The fraction of sp³-hybridized carbons (Fsp3) is 0.933. The van der Waals surface area contributed by atoms with Gasteiger partial charge in [-0.15, -0.1) is 0 Å². The Bertz CT molecular complexity index is 316. The van der Waals surface area contributed by atoms with Gasteiger partial charge in [-0.3, -0.25) is 9.69 Å². The first-order valence-electron chi connectivity index (χ1n) is 8.00. The van der Waals surface area contributed by atoms with Gasteiger partial charge >= 0.3 is 0 Å². The van der Waals surface area contributed by atoms with Crippen LogP contribution in [0.4, 0.5) is 0 Å². The second-order valence-electron chi connectivity index (χ2n) is 6.58. The zero-order valence-electron chi connectivity index (χ0n) is 12.7. The number of hydrogen-bond acceptors (Lipinski definition) is 4. The quantitative estimate of drug-likeness (QED) is 0.696. The minimum Gasteiger partial charge on any atom is -0.388 e. The second-order valence-corrected chi connectivity index (χ2v) is 6.58. The maximum absolute atomic E-state index is 12.0. The first-order valence-corrected chi connectivity index (χ1v) is 8.00. The lowest BCUT2D eigenvalue weighted by atomic mass is 9.79. The van der Waals surface area contributed by atoms with E-state index in [0.717, 1.165) is 51.9 Å². The first kappa shape index (κ1) is 15.7. The molecule has 0 aromatic heterocycles. The van der Waals surface area contributed by atoms with E-state index in [-0.39, 0.29) is 5.91 Å². The van der Waals surface area contributed by atoms with Crippen LogP contribution in [-0.2, 0) is 4.79 Å². The fourth-order valence-corrected chi connectivity index (χ4v) is 3.37. The monoisotopic (exact) mass is 283 g/mol. The van der Waals surface area contributed by atoms with E-state index in [4.69, 9.17) is 0 Å². The summed E-state index contributed by atoms with van der Waals surface area (Å²) in [6.45, 7) is 6.92. The summed E-state index contributed by atoms with van der Waals surface area (Å²) < 4.78 is 0.